The summed E-state index contributed by atoms with van der Waals surface area (Å²) < 4.78 is 28.3. The first-order chi connectivity index (χ1) is 7.75. The number of nitrogens with one attached hydrogen (secondary N) is 2. The molecule has 0 aromatic rings. The predicted molar refractivity (Wildman–Crippen MR) is 63.7 cm³/mol. The summed E-state index contributed by atoms with van der Waals surface area (Å²) in [7, 11) is -3.60. The maximum atomic E-state index is 11.7. The van der Waals surface area contributed by atoms with Gasteiger partial charge in [-0.25, -0.2) is 4.72 Å². The van der Waals surface area contributed by atoms with Gasteiger partial charge in [0, 0.05) is 12.1 Å². The molecular formula is C10H20N2O4S. The van der Waals surface area contributed by atoms with E-state index in [1.807, 2.05) is 13.8 Å². The van der Waals surface area contributed by atoms with E-state index in [2.05, 4.69) is 9.44 Å². The molecule has 100 valence electrons. The van der Waals surface area contributed by atoms with Crippen molar-refractivity contribution in [3.8, 4) is 0 Å². The largest absolute Gasteiger partial charge is 0.481 e. The van der Waals surface area contributed by atoms with Crippen molar-refractivity contribution in [1.82, 2.24) is 9.44 Å². The molecule has 1 aliphatic rings. The molecule has 6 nitrogen and oxygen atoms in total. The van der Waals surface area contributed by atoms with Crippen LogP contribution in [0.1, 0.15) is 39.5 Å². The molecule has 17 heavy (non-hydrogen) atoms. The lowest BCUT2D eigenvalue weighted by molar-refractivity contribution is -0.139. The smallest absolute Gasteiger partial charge is 0.305 e. The first-order valence-electron chi connectivity index (χ1n) is 5.75. The van der Waals surface area contributed by atoms with Crippen molar-refractivity contribution < 1.29 is 18.3 Å². The highest BCUT2D eigenvalue weighted by atomic mass is 32.2. The molecule has 0 atom stereocenters. The Bertz CT molecular complexity index is 374. The van der Waals surface area contributed by atoms with Gasteiger partial charge < -0.3 is 5.11 Å². The number of carbonyl (C=O) groups is 1. The van der Waals surface area contributed by atoms with Gasteiger partial charge in [0.1, 0.15) is 0 Å². The molecule has 1 fully saturated rings. The Labute approximate surface area is 102 Å². The summed E-state index contributed by atoms with van der Waals surface area (Å²) in [6, 6.07) is 0. The molecule has 1 saturated carbocycles. The minimum absolute atomic E-state index is 0.157. The van der Waals surface area contributed by atoms with Gasteiger partial charge in [-0.1, -0.05) is 13.8 Å². The third-order valence-electron chi connectivity index (χ3n) is 2.83. The van der Waals surface area contributed by atoms with E-state index in [4.69, 9.17) is 5.11 Å². The van der Waals surface area contributed by atoms with Crippen molar-refractivity contribution in [3.63, 3.8) is 0 Å². The van der Waals surface area contributed by atoms with Crippen molar-refractivity contribution in [2.24, 2.45) is 5.92 Å². The van der Waals surface area contributed by atoms with Crippen LogP contribution in [0, 0.1) is 5.92 Å². The first-order valence-corrected chi connectivity index (χ1v) is 7.23. The fraction of sp³-hybridized carbons (Fsp3) is 0.900. The number of carboxylic acid groups (broad SMARTS) is 1. The quantitative estimate of drug-likeness (QED) is 0.622. The maximum Gasteiger partial charge on any atom is 0.305 e. The van der Waals surface area contributed by atoms with Crippen LogP contribution in [0.3, 0.4) is 0 Å². The minimum atomic E-state index is -3.60. The third kappa shape index (κ3) is 4.61. The normalized spacial score (nSPS) is 19.0. The van der Waals surface area contributed by atoms with E-state index in [1.54, 1.807) is 0 Å². The van der Waals surface area contributed by atoms with Gasteiger partial charge in [-0.15, -0.1) is 0 Å². The third-order valence-corrected chi connectivity index (χ3v) is 4.08. The SMILES string of the molecule is CC(C)CNS(=O)(=O)NC1(CC(=O)O)CCC1. The molecule has 0 saturated heterocycles. The highest BCUT2D eigenvalue weighted by molar-refractivity contribution is 7.87. The molecule has 0 amide bonds. The van der Waals surface area contributed by atoms with Crippen molar-refractivity contribution in [2.45, 2.75) is 45.1 Å². The maximum absolute atomic E-state index is 11.7. The summed E-state index contributed by atoms with van der Waals surface area (Å²) in [6.07, 6.45) is 1.87. The Morgan fingerprint density at radius 1 is 1.41 bits per heavy atom. The lowest BCUT2D eigenvalue weighted by Crippen LogP contribution is -2.57. The standard InChI is InChI=1S/C10H20N2O4S/c1-8(2)7-11-17(15,16)12-10(4-3-5-10)6-9(13)14/h8,11-12H,3-7H2,1-2H3,(H,13,14). The van der Waals surface area contributed by atoms with Crippen LogP contribution in [-0.4, -0.2) is 31.6 Å². The Hall–Kier alpha value is -0.660. The highest BCUT2D eigenvalue weighted by Crippen LogP contribution is 2.35. The van der Waals surface area contributed by atoms with Crippen molar-refractivity contribution in [2.75, 3.05) is 6.54 Å². The zero-order valence-corrected chi connectivity index (χ0v) is 11.0. The topological polar surface area (TPSA) is 95.5 Å². The van der Waals surface area contributed by atoms with Gasteiger partial charge in [-0.05, 0) is 25.2 Å². The van der Waals surface area contributed by atoms with Gasteiger partial charge in [-0.2, -0.15) is 13.1 Å². The molecule has 0 unspecified atom stereocenters. The molecular weight excluding hydrogens is 244 g/mol. The van der Waals surface area contributed by atoms with E-state index in [0.717, 1.165) is 6.42 Å². The van der Waals surface area contributed by atoms with Crippen LogP contribution >= 0.6 is 0 Å². The van der Waals surface area contributed by atoms with Gasteiger partial charge >= 0.3 is 5.97 Å². The van der Waals surface area contributed by atoms with Crippen molar-refractivity contribution in [3.05, 3.63) is 0 Å². The molecule has 7 heteroatoms. The number of rotatable bonds is 7. The first kappa shape index (κ1) is 14.4. The van der Waals surface area contributed by atoms with Crippen LogP contribution in [0.15, 0.2) is 0 Å². The lowest BCUT2D eigenvalue weighted by atomic mass is 9.75. The van der Waals surface area contributed by atoms with Crippen LogP contribution in [0.25, 0.3) is 0 Å². The number of carboxylic acids is 1. The second kappa shape index (κ2) is 5.32. The zero-order valence-electron chi connectivity index (χ0n) is 10.2. The predicted octanol–water partition coefficient (Wildman–Crippen LogP) is 0.464. The van der Waals surface area contributed by atoms with Crippen LogP contribution < -0.4 is 9.44 Å². The summed E-state index contributed by atoms with van der Waals surface area (Å²) in [5.41, 5.74) is -0.783. The van der Waals surface area contributed by atoms with Crippen molar-refractivity contribution in [1.29, 1.82) is 0 Å². The average Bonchev–Trinajstić information content (AvgIpc) is 2.10. The summed E-state index contributed by atoms with van der Waals surface area (Å²) in [4.78, 5) is 10.7. The number of aliphatic carboxylic acids is 1. The summed E-state index contributed by atoms with van der Waals surface area (Å²) in [5.74, 6) is -0.764. The second-order valence-electron chi connectivity index (χ2n) is 5.05. The Balaban J connectivity index is 2.58. The Morgan fingerprint density at radius 3 is 2.35 bits per heavy atom. The molecule has 0 bridgehead atoms. The average molecular weight is 264 g/mol. The fourth-order valence-corrected chi connectivity index (χ4v) is 3.28. The van der Waals surface area contributed by atoms with E-state index in [1.165, 1.54) is 0 Å². The molecule has 1 aliphatic carbocycles. The lowest BCUT2D eigenvalue weighted by Gasteiger charge is -2.40. The van der Waals surface area contributed by atoms with E-state index >= 15 is 0 Å². The van der Waals surface area contributed by atoms with Gasteiger partial charge in [0.05, 0.1) is 6.42 Å². The number of hydrogen-bond acceptors (Lipinski definition) is 3. The molecule has 0 heterocycles. The van der Waals surface area contributed by atoms with Crippen LogP contribution in [0.2, 0.25) is 0 Å². The van der Waals surface area contributed by atoms with Crippen LogP contribution in [0.5, 0.6) is 0 Å². The highest BCUT2D eigenvalue weighted by Gasteiger charge is 2.42. The fourth-order valence-electron chi connectivity index (χ4n) is 1.81. The monoisotopic (exact) mass is 264 g/mol. The molecule has 0 aliphatic heterocycles. The van der Waals surface area contributed by atoms with Gasteiger partial charge in [-0.3, -0.25) is 4.79 Å². The molecule has 0 spiro atoms. The van der Waals surface area contributed by atoms with E-state index in [-0.39, 0.29) is 12.3 Å². The summed E-state index contributed by atoms with van der Waals surface area (Å²) in [6.45, 7) is 4.15. The Kier molecular flexibility index (Phi) is 4.51. The summed E-state index contributed by atoms with van der Waals surface area (Å²) >= 11 is 0. The van der Waals surface area contributed by atoms with E-state index in [0.29, 0.717) is 19.4 Å². The van der Waals surface area contributed by atoms with Crippen LogP contribution in [-0.2, 0) is 15.0 Å². The second-order valence-corrected chi connectivity index (χ2v) is 6.55. The Morgan fingerprint density at radius 2 is 2.00 bits per heavy atom. The minimum Gasteiger partial charge on any atom is -0.481 e. The van der Waals surface area contributed by atoms with Gasteiger partial charge in [0.25, 0.3) is 10.2 Å². The molecule has 3 N–H and O–H groups in total. The van der Waals surface area contributed by atoms with E-state index < -0.39 is 21.7 Å². The molecule has 0 radical (unpaired) electrons. The van der Waals surface area contributed by atoms with Crippen molar-refractivity contribution >= 4 is 16.2 Å². The molecule has 1 rings (SSSR count). The molecule has 0 aromatic carbocycles. The van der Waals surface area contributed by atoms with Gasteiger partial charge in [0.2, 0.25) is 0 Å². The zero-order chi connectivity index (χ0) is 13.1. The van der Waals surface area contributed by atoms with Gasteiger partial charge in [0.15, 0.2) is 0 Å². The van der Waals surface area contributed by atoms with Crippen LogP contribution in [0.4, 0.5) is 0 Å². The molecule has 0 aromatic heterocycles. The number of hydrogen-bond donors (Lipinski definition) is 3. The summed E-state index contributed by atoms with van der Waals surface area (Å²) in [5, 5.41) is 8.77. The van der Waals surface area contributed by atoms with E-state index in [9.17, 15) is 13.2 Å².